The van der Waals surface area contributed by atoms with E-state index in [-0.39, 0.29) is 0 Å². The van der Waals surface area contributed by atoms with Crippen LogP contribution in [0.5, 0.6) is 0 Å². The molecule has 1 aliphatic carbocycles. The Morgan fingerprint density at radius 3 is 2.18 bits per heavy atom. The van der Waals surface area contributed by atoms with Gasteiger partial charge in [-0.1, -0.05) is 27.7 Å². The van der Waals surface area contributed by atoms with E-state index in [1.165, 1.54) is 0 Å². The van der Waals surface area contributed by atoms with Crippen molar-refractivity contribution < 1.29 is 0 Å². The Labute approximate surface area is 105 Å². The molecule has 0 bridgehead atoms. The highest BCUT2D eigenvalue weighted by molar-refractivity contribution is 5.38. The standard InChI is InChI=1S/C14H25N3/c1-9(2)17-8-10(3)15-12(17)16-11-13(4,5)14(11,6)7/h8-9,11H,1-7H3,(H,15,16). The van der Waals surface area contributed by atoms with Crippen LogP contribution < -0.4 is 5.32 Å². The summed E-state index contributed by atoms with van der Waals surface area (Å²) >= 11 is 0. The van der Waals surface area contributed by atoms with Gasteiger partial charge in [-0.05, 0) is 31.6 Å². The van der Waals surface area contributed by atoms with Crippen molar-refractivity contribution in [3.05, 3.63) is 11.9 Å². The third kappa shape index (κ3) is 1.76. The van der Waals surface area contributed by atoms with Gasteiger partial charge in [-0.15, -0.1) is 0 Å². The molecule has 1 aliphatic rings. The zero-order chi connectivity index (χ0) is 13.0. The topological polar surface area (TPSA) is 29.9 Å². The highest BCUT2D eigenvalue weighted by Gasteiger charge is 2.65. The second-order valence-corrected chi connectivity index (χ2v) is 6.73. The van der Waals surface area contributed by atoms with Crippen LogP contribution in [0.25, 0.3) is 0 Å². The first-order chi connectivity index (χ1) is 7.68. The van der Waals surface area contributed by atoms with Gasteiger partial charge in [0.05, 0.1) is 5.69 Å². The smallest absolute Gasteiger partial charge is 0.203 e. The summed E-state index contributed by atoms with van der Waals surface area (Å²) in [6.07, 6.45) is 2.12. The van der Waals surface area contributed by atoms with Gasteiger partial charge >= 0.3 is 0 Å². The molecule has 1 aromatic rings. The number of aromatic nitrogens is 2. The van der Waals surface area contributed by atoms with E-state index < -0.39 is 0 Å². The monoisotopic (exact) mass is 235 g/mol. The number of aryl methyl sites for hydroxylation is 1. The first kappa shape index (κ1) is 12.5. The third-order valence-corrected chi connectivity index (χ3v) is 4.70. The number of hydrogen-bond donors (Lipinski definition) is 1. The van der Waals surface area contributed by atoms with Crippen molar-refractivity contribution in [2.75, 3.05) is 5.32 Å². The van der Waals surface area contributed by atoms with E-state index in [4.69, 9.17) is 0 Å². The predicted octanol–water partition coefficient (Wildman–Crippen LogP) is 3.62. The Hall–Kier alpha value is -0.990. The second kappa shape index (κ2) is 3.50. The number of anilines is 1. The molecule has 1 heterocycles. The predicted molar refractivity (Wildman–Crippen MR) is 72.3 cm³/mol. The van der Waals surface area contributed by atoms with Crippen LogP contribution >= 0.6 is 0 Å². The molecule has 3 nitrogen and oxygen atoms in total. The summed E-state index contributed by atoms with van der Waals surface area (Å²) < 4.78 is 2.22. The van der Waals surface area contributed by atoms with E-state index in [0.29, 0.717) is 22.9 Å². The van der Waals surface area contributed by atoms with Crippen LogP contribution in [0.15, 0.2) is 6.20 Å². The molecule has 0 aromatic carbocycles. The molecule has 96 valence electrons. The number of rotatable bonds is 3. The summed E-state index contributed by atoms with van der Waals surface area (Å²) in [7, 11) is 0. The Kier molecular flexibility index (Phi) is 2.57. The lowest BCUT2D eigenvalue weighted by Crippen LogP contribution is -2.15. The van der Waals surface area contributed by atoms with Crippen LogP contribution in [-0.2, 0) is 0 Å². The third-order valence-electron chi connectivity index (χ3n) is 4.70. The summed E-state index contributed by atoms with van der Waals surface area (Å²) in [6.45, 7) is 15.7. The van der Waals surface area contributed by atoms with Crippen molar-refractivity contribution in [2.45, 2.75) is 60.5 Å². The molecule has 0 aliphatic heterocycles. The van der Waals surface area contributed by atoms with Crippen LogP contribution in [0.1, 0.15) is 53.3 Å². The van der Waals surface area contributed by atoms with E-state index in [9.17, 15) is 0 Å². The minimum atomic E-state index is 0.342. The number of nitrogens with zero attached hydrogens (tertiary/aromatic N) is 2. The fourth-order valence-electron chi connectivity index (χ4n) is 2.70. The Bertz CT molecular complexity index is 413. The largest absolute Gasteiger partial charge is 0.352 e. The van der Waals surface area contributed by atoms with Crippen molar-refractivity contribution in [1.29, 1.82) is 0 Å². The quantitative estimate of drug-likeness (QED) is 0.867. The molecular formula is C14H25N3. The van der Waals surface area contributed by atoms with E-state index in [2.05, 4.69) is 62.6 Å². The summed E-state index contributed by atoms with van der Waals surface area (Å²) in [4.78, 5) is 4.60. The summed E-state index contributed by atoms with van der Waals surface area (Å²) in [6, 6.07) is 0.956. The average Bonchev–Trinajstić information content (AvgIpc) is 2.51. The number of nitrogens with one attached hydrogen (secondary N) is 1. The number of imidazole rings is 1. The molecule has 0 atom stereocenters. The van der Waals surface area contributed by atoms with Gasteiger partial charge in [-0.2, -0.15) is 0 Å². The maximum atomic E-state index is 4.60. The van der Waals surface area contributed by atoms with Crippen LogP contribution in [-0.4, -0.2) is 15.6 Å². The van der Waals surface area contributed by atoms with Gasteiger partial charge in [0, 0.05) is 18.3 Å². The van der Waals surface area contributed by atoms with Gasteiger partial charge < -0.3 is 9.88 Å². The van der Waals surface area contributed by atoms with Gasteiger partial charge in [0.2, 0.25) is 5.95 Å². The molecule has 1 N–H and O–H groups in total. The normalized spacial score (nSPS) is 21.9. The molecular weight excluding hydrogens is 210 g/mol. The second-order valence-electron chi connectivity index (χ2n) is 6.73. The first-order valence-corrected chi connectivity index (χ1v) is 6.50. The molecule has 0 radical (unpaired) electrons. The van der Waals surface area contributed by atoms with E-state index in [1.54, 1.807) is 0 Å². The molecule has 3 heteroatoms. The Morgan fingerprint density at radius 1 is 1.24 bits per heavy atom. The van der Waals surface area contributed by atoms with Gasteiger partial charge in [0.15, 0.2) is 0 Å². The Morgan fingerprint density at radius 2 is 1.76 bits per heavy atom. The average molecular weight is 235 g/mol. The van der Waals surface area contributed by atoms with E-state index >= 15 is 0 Å². The fourth-order valence-corrected chi connectivity index (χ4v) is 2.70. The number of hydrogen-bond acceptors (Lipinski definition) is 2. The van der Waals surface area contributed by atoms with Gasteiger partial charge in [-0.25, -0.2) is 4.98 Å². The maximum Gasteiger partial charge on any atom is 0.203 e. The lowest BCUT2D eigenvalue weighted by molar-refractivity contribution is 0.457. The van der Waals surface area contributed by atoms with Crippen molar-refractivity contribution >= 4 is 5.95 Å². The van der Waals surface area contributed by atoms with Crippen LogP contribution in [0.4, 0.5) is 5.95 Å². The fraction of sp³-hybridized carbons (Fsp3) is 0.786. The molecule has 0 saturated heterocycles. The van der Waals surface area contributed by atoms with Crippen LogP contribution in [0, 0.1) is 17.8 Å². The summed E-state index contributed by atoms with van der Waals surface area (Å²) in [5, 5.41) is 3.62. The zero-order valence-electron chi connectivity index (χ0n) is 12.1. The highest BCUT2D eigenvalue weighted by Crippen LogP contribution is 2.63. The molecule has 1 saturated carbocycles. The molecule has 0 unspecified atom stereocenters. The minimum absolute atomic E-state index is 0.342. The van der Waals surface area contributed by atoms with Gasteiger partial charge in [0.1, 0.15) is 0 Å². The molecule has 1 fully saturated rings. The van der Waals surface area contributed by atoms with Crippen molar-refractivity contribution in [3.63, 3.8) is 0 Å². The zero-order valence-corrected chi connectivity index (χ0v) is 12.1. The molecule has 0 spiro atoms. The van der Waals surface area contributed by atoms with E-state index in [1.807, 2.05) is 6.92 Å². The van der Waals surface area contributed by atoms with Gasteiger partial charge in [0.25, 0.3) is 0 Å². The lowest BCUT2D eigenvalue weighted by atomic mass is 10.0. The SMILES string of the molecule is Cc1cn(C(C)C)c(NC2C(C)(C)C2(C)C)n1. The van der Waals surface area contributed by atoms with Crippen LogP contribution in [0.2, 0.25) is 0 Å². The molecule has 0 amide bonds. The minimum Gasteiger partial charge on any atom is -0.352 e. The van der Waals surface area contributed by atoms with Crippen molar-refractivity contribution in [2.24, 2.45) is 10.8 Å². The van der Waals surface area contributed by atoms with E-state index in [0.717, 1.165) is 11.6 Å². The van der Waals surface area contributed by atoms with Crippen molar-refractivity contribution in [3.8, 4) is 0 Å². The lowest BCUT2D eigenvalue weighted by Gasteiger charge is -2.13. The molecule has 17 heavy (non-hydrogen) atoms. The van der Waals surface area contributed by atoms with Gasteiger partial charge in [-0.3, -0.25) is 0 Å². The molecule has 2 rings (SSSR count). The van der Waals surface area contributed by atoms with Crippen molar-refractivity contribution in [1.82, 2.24) is 9.55 Å². The highest BCUT2D eigenvalue weighted by atomic mass is 15.3. The molecule has 1 aromatic heterocycles. The maximum absolute atomic E-state index is 4.60. The summed E-state index contributed by atoms with van der Waals surface area (Å²) in [5.74, 6) is 1.01. The first-order valence-electron chi connectivity index (χ1n) is 6.50. The summed E-state index contributed by atoms with van der Waals surface area (Å²) in [5.41, 5.74) is 1.76. The van der Waals surface area contributed by atoms with Crippen LogP contribution in [0.3, 0.4) is 0 Å². The Balaban J connectivity index is 2.21.